The minimum atomic E-state index is -1.39. The van der Waals surface area contributed by atoms with Gasteiger partial charge in [0.15, 0.2) is 0 Å². The summed E-state index contributed by atoms with van der Waals surface area (Å²) in [5, 5.41) is 19.1. The molecule has 0 fully saturated rings. The van der Waals surface area contributed by atoms with Crippen molar-refractivity contribution >= 4 is 29.7 Å². The minimum absolute atomic E-state index is 0.0137. The van der Waals surface area contributed by atoms with Crippen molar-refractivity contribution in [1.29, 1.82) is 0 Å². The normalized spacial score (nSPS) is 12.4. The van der Waals surface area contributed by atoms with E-state index in [1.54, 1.807) is 0 Å². The summed E-state index contributed by atoms with van der Waals surface area (Å²) < 4.78 is 33.6. The van der Waals surface area contributed by atoms with Crippen LogP contribution in [0.2, 0.25) is 0 Å². The van der Waals surface area contributed by atoms with Crippen LogP contribution in [-0.2, 0) is 42.9 Å². The molecule has 0 aliphatic rings. The molecule has 0 unspecified atom stereocenters. The number of nitrogens with one attached hydrogen (secondary N) is 4. The smallest absolute Gasteiger partial charge is 0.320 e. The van der Waals surface area contributed by atoms with Gasteiger partial charge in [-0.15, -0.1) is 0 Å². The fraction of sp³-hybridized carbons (Fsp3) is 0.792. The van der Waals surface area contributed by atoms with Gasteiger partial charge in [-0.25, -0.2) is 0 Å². The first-order valence-electron chi connectivity index (χ1n) is 13.1. The van der Waals surface area contributed by atoms with Crippen LogP contribution in [0.15, 0.2) is 0 Å². The van der Waals surface area contributed by atoms with E-state index in [1.165, 1.54) is 7.05 Å². The molecule has 40 heavy (non-hydrogen) atoms. The van der Waals surface area contributed by atoms with E-state index in [-0.39, 0.29) is 96.5 Å². The van der Waals surface area contributed by atoms with Gasteiger partial charge in [-0.2, -0.15) is 4.39 Å². The van der Waals surface area contributed by atoms with Gasteiger partial charge in [0, 0.05) is 26.1 Å². The highest BCUT2D eigenvalue weighted by Crippen LogP contribution is 2.02. The van der Waals surface area contributed by atoms with E-state index >= 15 is 0 Å². The zero-order valence-electron chi connectivity index (χ0n) is 23.0. The third-order valence-electron chi connectivity index (χ3n) is 5.21. The molecule has 0 heterocycles. The summed E-state index contributed by atoms with van der Waals surface area (Å²) in [6.07, 6.45) is 1.63. The summed E-state index contributed by atoms with van der Waals surface area (Å²) in [6, 6.07) is -3.27. The van der Waals surface area contributed by atoms with Gasteiger partial charge in [0.05, 0.1) is 45.7 Å². The molecule has 2 atom stereocenters. The Kier molecular flexibility index (Phi) is 23.5. The quantitative estimate of drug-likeness (QED) is 0.0452. The summed E-state index contributed by atoms with van der Waals surface area (Å²) in [5.74, 6) is -2.07. The van der Waals surface area contributed by atoms with E-state index < -0.39 is 24.1 Å². The van der Waals surface area contributed by atoms with Gasteiger partial charge < -0.3 is 51.1 Å². The standard InChI is InChI=1S/C24H44FN5O10/c1-27-19(23(25)34)4-2-3-7-28-21(32)16-39-14-13-38-11-9-30-22(33)17-40-15-12-37-10-8-29-20(31)6-5-18(26)24(35)36/h18-19,27H,2-17,26H2,1H3,(H,28,32)(H,29,31)(H,30,33)(H,35,36)/t18-,19-/m0/s1. The Labute approximate surface area is 233 Å². The average Bonchev–Trinajstić information content (AvgIpc) is 2.91. The molecule has 0 aliphatic heterocycles. The Balaban J connectivity index is 3.44. The number of ether oxygens (including phenoxy) is 4. The summed E-state index contributed by atoms with van der Waals surface area (Å²) in [4.78, 5) is 56.1. The van der Waals surface area contributed by atoms with Gasteiger partial charge in [-0.3, -0.25) is 24.0 Å². The van der Waals surface area contributed by atoms with Crippen LogP contribution in [0, 0.1) is 0 Å². The Hall–Kier alpha value is -2.76. The molecule has 16 heteroatoms. The molecular weight excluding hydrogens is 537 g/mol. The van der Waals surface area contributed by atoms with Crippen LogP contribution in [0.1, 0.15) is 32.1 Å². The first-order chi connectivity index (χ1) is 19.2. The fourth-order valence-electron chi connectivity index (χ4n) is 2.97. The number of aliphatic carboxylic acids is 1. The number of amides is 3. The number of hydrogen-bond acceptors (Lipinski definition) is 11. The Morgan fingerprint density at radius 1 is 0.725 bits per heavy atom. The molecule has 0 saturated carbocycles. The molecule has 232 valence electrons. The number of unbranched alkanes of at least 4 members (excludes halogenated alkanes) is 1. The number of carbonyl (C=O) groups excluding carboxylic acids is 4. The van der Waals surface area contributed by atoms with Gasteiger partial charge >= 0.3 is 12.0 Å². The highest BCUT2D eigenvalue weighted by Gasteiger charge is 2.15. The van der Waals surface area contributed by atoms with Crippen molar-refractivity contribution in [2.24, 2.45) is 5.73 Å². The fourth-order valence-corrected chi connectivity index (χ4v) is 2.97. The molecule has 0 saturated heterocycles. The van der Waals surface area contributed by atoms with Gasteiger partial charge in [0.25, 0.3) is 0 Å². The number of likely N-dealkylation sites (N-methyl/N-ethyl adjacent to an activating group) is 1. The highest BCUT2D eigenvalue weighted by molar-refractivity contribution is 5.78. The van der Waals surface area contributed by atoms with Crippen molar-refractivity contribution < 1.29 is 52.4 Å². The van der Waals surface area contributed by atoms with E-state index in [0.29, 0.717) is 25.8 Å². The van der Waals surface area contributed by atoms with Crippen LogP contribution in [-0.4, -0.2) is 126 Å². The number of carboxylic acid groups (broad SMARTS) is 1. The number of halogens is 1. The van der Waals surface area contributed by atoms with Crippen LogP contribution in [0.3, 0.4) is 0 Å². The monoisotopic (exact) mass is 581 g/mol. The summed E-state index contributed by atoms with van der Waals surface area (Å²) in [5.41, 5.74) is 5.32. The number of hydrogen-bond donors (Lipinski definition) is 6. The average molecular weight is 582 g/mol. The van der Waals surface area contributed by atoms with Crippen LogP contribution < -0.4 is 27.0 Å². The molecule has 7 N–H and O–H groups in total. The number of carbonyl (C=O) groups is 5. The van der Waals surface area contributed by atoms with Crippen molar-refractivity contribution in [3.8, 4) is 0 Å². The van der Waals surface area contributed by atoms with E-state index in [2.05, 4.69) is 21.3 Å². The van der Waals surface area contributed by atoms with Crippen molar-refractivity contribution in [3.05, 3.63) is 0 Å². The predicted molar refractivity (Wildman–Crippen MR) is 140 cm³/mol. The second kappa shape index (κ2) is 25.2. The third kappa shape index (κ3) is 23.2. The van der Waals surface area contributed by atoms with Crippen LogP contribution in [0.25, 0.3) is 0 Å². The number of nitrogens with two attached hydrogens (primary N) is 1. The predicted octanol–water partition coefficient (Wildman–Crippen LogP) is -2.15. The van der Waals surface area contributed by atoms with Crippen molar-refractivity contribution in [3.63, 3.8) is 0 Å². The van der Waals surface area contributed by atoms with Gasteiger partial charge in [-0.05, 0) is 32.7 Å². The van der Waals surface area contributed by atoms with E-state index in [9.17, 15) is 28.4 Å². The molecule has 0 aromatic heterocycles. The van der Waals surface area contributed by atoms with E-state index in [4.69, 9.17) is 29.8 Å². The molecule has 0 spiro atoms. The molecular formula is C24H44FN5O10. The Morgan fingerprint density at radius 2 is 1.23 bits per heavy atom. The van der Waals surface area contributed by atoms with Crippen LogP contribution in [0.4, 0.5) is 4.39 Å². The lowest BCUT2D eigenvalue weighted by Crippen LogP contribution is -2.33. The minimum Gasteiger partial charge on any atom is -0.480 e. The van der Waals surface area contributed by atoms with Crippen molar-refractivity contribution in [2.45, 2.75) is 44.2 Å². The maximum atomic E-state index is 12.6. The van der Waals surface area contributed by atoms with Crippen molar-refractivity contribution in [1.82, 2.24) is 21.3 Å². The van der Waals surface area contributed by atoms with E-state index in [0.717, 1.165) is 0 Å². The second-order valence-electron chi connectivity index (χ2n) is 8.50. The lowest BCUT2D eigenvalue weighted by atomic mass is 10.1. The molecule has 3 amide bonds. The van der Waals surface area contributed by atoms with Gasteiger partial charge in [-0.1, -0.05) is 0 Å². The zero-order valence-corrected chi connectivity index (χ0v) is 23.0. The molecule has 0 aliphatic carbocycles. The Morgan fingerprint density at radius 3 is 1.73 bits per heavy atom. The lowest BCUT2D eigenvalue weighted by molar-refractivity contribution is -0.139. The molecule has 0 rings (SSSR count). The largest absolute Gasteiger partial charge is 0.480 e. The first-order valence-corrected chi connectivity index (χ1v) is 13.1. The number of rotatable bonds is 27. The molecule has 0 aromatic rings. The summed E-state index contributed by atoms with van der Waals surface area (Å²) in [6.45, 7) is 2.03. The number of carboxylic acids is 1. The summed E-state index contributed by atoms with van der Waals surface area (Å²) >= 11 is 0. The lowest BCUT2D eigenvalue weighted by Gasteiger charge is -2.10. The van der Waals surface area contributed by atoms with Gasteiger partial charge in [0.1, 0.15) is 19.3 Å². The third-order valence-corrected chi connectivity index (χ3v) is 5.21. The topological polar surface area (TPSA) is 217 Å². The zero-order chi connectivity index (χ0) is 30.0. The SMILES string of the molecule is CN[C@@H](CCCCNC(=O)COCCOCCNC(=O)COCCOCCNC(=O)CC[C@H](N)C(=O)O)C(=O)F. The molecule has 0 bridgehead atoms. The molecule has 0 aromatic carbocycles. The van der Waals surface area contributed by atoms with Crippen LogP contribution in [0.5, 0.6) is 0 Å². The highest BCUT2D eigenvalue weighted by atomic mass is 19.1. The van der Waals surface area contributed by atoms with Crippen LogP contribution >= 0.6 is 0 Å². The maximum absolute atomic E-state index is 12.6. The molecule has 15 nitrogen and oxygen atoms in total. The summed E-state index contributed by atoms with van der Waals surface area (Å²) in [7, 11) is 1.52. The first kappa shape index (κ1) is 37.2. The molecule has 0 radical (unpaired) electrons. The van der Waals surface area contributed by atoms with Gasteiger partial charge in [0.2, 0.25) is 17.7 Å². The Bertz CT molecular complexity index is 747. The van der Waals surface area contributed by atoms with Crippen molar-refractivity contribution in [2.75, 3.05) is 79.5 Å². The second-order valence-corrected chi connectivity index (χ2v) is 8.50. The van der Waals surface area contributed by atoms with E-state index in [1.807, 2.05) is 0 Å². The maximum Gasteiger partial charge on any atom is 0.320 e.